The van der Waals surface area contributed by atoms with Gasteiger partial charge in [-0.3, -0.25) is 4.79 Å². The van der Waals surface area contributed by atoms with Crippen molar-refractivity contribution in [2.24, 2.45) is 5.73 Å². The Bertz CT molecular complexity index is 389. The van der Waals surface area contributed by atoms with Crippen molar-refractivity contribution in [3.63, 3.8) is 0 Å². The molecule has 0 unspecified atom stereocenters. The smallest absolute Gasteiger partial charge is 0.327 e. The van der Waals surface area contributed by atoms with Crippen molar-refractivity contribution in [2.75, 3.05) is 7.11 Å². The Labute approximate surface area is 115 Å². The van der Waals surface area contributed by atoms with Gasteiger partial charge in [0.15, 0.2) is 0 Å². The third-order valence-electron chi connectivity index (χ3n) is 2.12. The standard InChI is InChI=1S/C12H19NO3Si.ClH/c1-15-12(14)11(13)9-5-7-10(8-6-9)16-17(2,3)4;/h5-8,11H,13H2,1-4H3;1H/t11-;/m0./s1. The summed E-state index contributed by atoms with van der Waals surface area (Å²) in [5, 5.41) is 0. The van der Waals surface area contributed by atoms with Gasteiger partial charge in [-0.05, 0) is 37.3 Å². The predicted octanol–water partition coefficient (Wildman–Crippen LogP) is 2.49. The van der Waals surface area contributed by atoms with Gasteiger partial charge in [-0.15, -0.1) is 12.4 Å². The fraction of sp³-hybridized carbons (Fsp3) is 0.417. The summed E-state index contributed by atoms with van der Waals surface area (Å²) in [4.78, 5) is 11.3. The van der Waals surface area contributed by atoms with E-state index in [1.807, 2.05) is 12.1 Å². The maximum absolute atomic E-state index is 11.3. The van der Waals surface area contributed by atoms with Crippen molar-refractivity contribution in [1.82, 2.24) is 0 Å². The van der Waals surface area contributed by atoms with Crippen LogP contribution in [0.1, 0.15) is 11.6 Å². The summed E-state index contributed by atoms with van der Waals surface area (Å²) in [6, 6.07) is 6.50. The molecule has 4 nitrogen and oxygen atoms in total. The van der Waals surface area contributed by atoms with Gasteiger partial charge >= 0.3 is 5.97 Å². The predicted molar refractivity (Wildman–Crippen MR) is 76.6 cm³/mol. The molecule has 1 rings (SSSR count). The Morgan fingerprint density at radius 1 is 1.22 bits per heavy atom. The molecular weight excluding hydrogens is 270 g/mol. The average molecular weight is 290 g/mol. The molecule has 0 saturated heterocycles. The summed E-state index contributed by atoms with van der Waals surface area (Å²) >= 11 is 0. The van der Waals surface area contributed by atoms with Crippen LogP contribution in [0.4, 0.5) is 0 Å². The number of rotatable bonds is 4. The number of esters is 1. The Hall–Kier alpha value is -1.04. The number of ether oxygens (including phenoxy) is 1. The van der Waals surface area contributed by atoms with E-state index in [0.717, 1.165) is 11.3 Å². The molecule has 0 aliphatic carbocycles. The van der Waals surface area contributed by atoms with Crippen molar-refractivity contribution in [1.29, 1.82) is 0 Å². The zero-order valence-electron chi connectivity index (χ0n) is 11.1. The van der Waals surface area contributed by atoms with E-state index in [4.69, 9.17) is 10.2 Å². The number of nitrogens with two attached hydrogens (primary N) is 1. The highest BCUT2D eigenvalue weighted by Crippen LogP contribution is 2.19. The van der Waals surface area contributed by atoms with E-state index in [0.29, 0.717) is 0 Å². The Balaban J connectivity index is 0.00000289. The SMILES string of the molecule is COC(=O)[C@@H](N)c1ccc(O[Si](C)(C)C)cc1.Cl. The Morgan fingerprint density at radius 3 is 2.11 bits per heavy atom. The van der Waals surface area contributed by atoms with Crippen LogP contribution in [0.3, 0.4) is 0 Å². The number of halogens is 1. The first-order valence-corrected chi connectivity index (χ1v) is 8.87. The lowest BCUT2D eigenvalue weighted by Gasteiger charge is -2.19. The minimum Gasteiger partial charge on any atom is -0.544 e. The molecule has 0 spiro atoms. The topological polar surface area (TPSA) is 61.5 Å². The highest BCUT2D eigenvalue weighted by Gasteiger charge is 2.18. The second-order valence-electron chi connectivity index (χ2n) is 4.78. The van der Waals surface area contributed by atoms with Crippen molar-refractivity contribution < 1.29 is 14.0 Å². The van der Waals surface area contributed by atoms with E-state index in [1.165, 1.54) is 7.11 Å². The van der Waals surface area contributed by atoms with E-state index in [1.54, 1.807) is 12.1 Å². The second-order valence-corrected chi connectivity index (χ2v) is 9.21. The lowest BCUT2D eigenvalue weighted by molar-refractivity contribution is -0.142. The highest BCUT2D eigenvalue weighted by atomic mass is 35.5. The highest BCUT2D eigenvalue weighted by molar-refractivity contribution is 6.70. The van der Waals surface area contributed by atoms with E-state index in [9.17, 15) is 4.79 Å². The molecule has 1 atom stereocenters. The first-order valence-electron chi connectivity index (χ1n) is 5.46. The number of methoxy groups -OCH3 is 1. The zero-order valence-corrected chi connectivity index (χ0v) is 12.9. The number of carbonyl (C=O) groups excluding carboxylic acids is 1. The lowest BCUT2D eigenvalue weighted by atomic mass is 10.1. The Morgan fingerprint density at radius 2 is 1.72 bits per heavy atom. The van der Waals surface area contributed by atoms with Gasteiger partial charge in [-0.1, -0.05) is 12.1 Å². The van der Waals surface area contributed by atoms with E-state index < -0.39 is 20.3 Å². The van der Waals surface area contributed by atoms with Crippen molar-refractivity contribution in [3.05, 3.63) is 29.8 Å². The van der Waals surface area contributed by atoms with Crippen molar-refractivity contribution in [3.8, 4) is 5.75 Å². The molecule has 0 saturated carbocycles. The van der Waals surface area contributed by atoms with E-state index >= 15 is 0 Å². The van der Waals surface area contributed by atoms with Crippen LogP contribution in [0.25, 0.3) is 0 Å². The summed E-state index contributed by atoms with van der Waals surface area (Å²) in [6.07, 6.45) is 0. The van der Waals surface area contributed by atoms with Crippen molar-refractivity contribution in [2.45, 2.75) is 25.7 Å². The molecule has 0 bridgehead atoms. The summed E-state index contributed by atoms with van der Waals surface area (Å²) < 4.78 is 10.4. The van der Waals surface area contributed by atoms with Crippen LogP contribution in [-0.4, -0.2) is 21.4 Å². The van der Waals surface area contributed by atoms with Gasteiger partial charge < -0.3 is 14.9 Å². The van der Waals surface area contributed by atoms with Gasteiger partial charge in [0.05, 0.1) is 7.11 Å². The molecule has 6 heteroatoms. The molecule has 0 fully saturated rings. The van der Waals surface area contributed by atoms with Gasteiger partial charge in [0, 0.05) is 0 Å². The monoisotopic (exact) mass is 289 g/mol. The summed E-state index contributed by atoms with van der Waals surface area (Å²) in [5.41, 5.74) is 6.44. The fourth-order valence-electron chi connectivity index (χ4n) is 1.36. The lowest BCUT2D eigenvalue weighted by Crippen LogP contribution is -2.29. The molecule has 1 aromatic rings. The van der Waals surface area contributed by atoms with Gasteiger partial charge in [0.1, 0.15) is 11.8 Å². The number of hydrogen-bond donors (Lipinski definition) is 1. The fourth-order valence-corrected chi connectivity index (χ4v) is 2.20. The van der Waals surface area contributed by atoms with Crippen LogP contribution in [0.5, 0.6) is 5.75 Å². The third kappa shape index (κ3) is 5.08. The first-order chi connectivity index (χ1) is 7.83. The maximum atomic E-state index is 11.3. The Kier molecular flexibility index (Phi) is 6.38. The molecule has 0 amide bonds. The van der Waals surface area contributed by atoms with E-state index in [2.05, 4.69) is 24.4 Å². The second kappa shape index (κ2) is 6.77. The zero-order chi connectivity index (χ0) is 13.1. The molecule has 1 aromatic carbocycles. The molecule has 0 aliphatic rings. The molecule has 102 valence electrons. The number of benzene rings is 1. The van der Waals surface area contributed by atoms with Crippen LogP contribution in [0.2, 0.25) is 19.6 Å². The third-order valence-corrected chi connectivity index (χ3v) is 2.97. The first kappa shape index (κ1) is 17.0. The largest absolute Gasteiger partial charge is 0.544 e. The van der Waals surface area contributed by atoms with Crippen LogP contribution < -0.4 is 10.2 Å². The van der Waals surface area contributed by atoms with Crippen LogP contribution >= 0.6 is 12.4 Å². The number of hydrogen-bond acceptors (Lipinski definition) is 4. The quantitative estimate of drug-likeness (QED) is 0.683. The summed E-state index contributed by atoms with van der Waals surface area (Å²) in [5.74, 6) is 0.369. The molecule has 0 aromatic heterocycles. The molecular formula is C12H20ClNO3Si. The van der Waals surface area contributed by atoms with Gasteiger partial charge in [0.25, 0.3) is 0 Å². The molecule has 18 heavy (non-hydrogen) atoms. The van der Waals surface area contributed by atoms with Gasteiger partial charge in [-0.2, -0.15) is 0 Å². The van der Waals surface area contributed by atoms with E-state index in [-0.39, 0.29) is 12.4 Å². The molecule has 0 heterocycles. The minimum absolute atomic E-state index is 0. The van der Waals surface area contributed by atoms with Gasteiger partial charge in [0.2, 0.25) is 8.32 Å². The average Bonchev–Trinajstić information content (AvgIpc) is 2.26. The van der Waals surface area contributed by atoms with Crippen molar-refractivity contribution >= 4 is 26.7 Å². The summed E-state index contributed by atoms with van der Waals surface area (Å²) in [6.45, 7) is 6.34. The normalized spacial score (nSPS) is 12.3. The minimum atomic E-state index is -1.59. The maximum Gasteiger partial charge on any atom is 0.327 e. The van der Waals surface area contributed by atoms with Crippen LogP contribution in [-0.2, 0) is 9.53 Å². The molecule has 2 N–H and O–H groups in total. The van der Waals surface area contributed by atoms with Crippen LogP contribution in [0, 0.1) is 0 Å². The number of carbonyl (C=O) groups is 1. The molecule has 0 aliphatic heterocycles. The molecule has 0 radical (unpaired) electrons. The van der Waals surface area contributed by atoms with Gasteiger partial charge in [-0.25, -0.2) is 0 Å². The summed E-state index contributed by atoms with van der Waals surface area (Å²) in [7, 11) is -0.270. The van der Waals surface area contributed by atoms with Crippen LogP contribution in [0.15, 0.2) is 24.3 Å².